The van der Waals surface area contributed by atoms with Crippen molar-refractivity contribution in [3.63, 3.8) is 0 Å². The lowest BCUT2D eigenvalue weighted by atomic mass is 10.0. The van der Waals surface area contributed by atoms with Gasteiger partial charge in [0.15, 0.2) is 0 Å². The third-order valence-corrected chi connectivity index (χ3v) is 3.47. The Morgan fingerprint density at radius 2 is 1.52 bits per heavy atom. The molecule has 6 atom stereocenters. The Balaban J connectivity index is 2.18. The topological polar surface area (TPSA) is 120 Å². The van der Waals surface area contributed by atoms with Crippen LogP contribution in [0.1, 0.15) is 5.56 Å². The number of hydrogen-bond donors (Lipinski definition) is 5. The van der Waals surface area contributed by atoms with Gasteiger partial charge in [0, 0.05) is 0 Å². The summed E-state index contributed by atoms with van der Waals surface area (Å²) in [6, 6.07) is 6.90. The summed E-state index contributed by atoms with van der Waals surface area (Å²) in [4.78, 5) is 0. The van der Waals surface area contributed by atoms with Crippen LogP contribution in [0.25, 0.3) is 0 Å². The van der Waals surface area contributed by atoms with Crippen molar-refractivity contribution < 1.29 is 35.0 Å². The van der Waals surface area contributed by atoms with E-state index in [1.165, 1.54) is 0 Å². The minimum atomic E-state index is -1.66. The maximum absolute atomic E-state index is 9.98. The van der Waals surface area contributed by atoms with Crippen LogP contribution in [0.5, 0.6) is 5.75 Å². The molecule has 1 fully saturated rings. The van der Waals surface area contributed by atoms with Gasteiger partial charge in [-0.15, -0.1) is 0 Å². The maximum atomic E-state index is 9.98. The minimum Gasteiger partial charge on any atom is -0.462 e. The van der Waals surface area contributed by atoms with Gasteiger partial charge in [0.1, 0.15) is 36.3 Å². The summed E-state index contributed by atoms with van der Waals surface area (Å²) in [5.74, 6) is 0.388. The van der Waals surface area contributed by atoms with E-state index in [1.54, 1.807) is 24.3 Å². The molecule has 0 aromatic heterocycles. The highest BCUT2D eigenvalue weighted by molar-refractivity contribution is 5.26. The van der Waals surface area contributed by atoms with Crippen LogP contribution in [-0.4, -0.2) is 68.9 Å². The van der Waals surface area contributed by atoms with Crippen molar-refractivity contribution in [2.75, 3.05) is 6.61 Å². The van der Waals surface area contributed by atoms with Crippen LogP contribution >= 0.6 is 0 Å². The average Bonchev–Trinajstić information content (AvgIpc) is 2.56. The second kappa shape index (κ2) is 6.69. The zero-order valence-electron chi connectivity index (χ0n) is 11.5. The van der Waals surface area contributed by atoms with Crippen LogP contribution in [0.4, 0.5) is 0 Å². The molecule has 7 heteroatoms. The van der Waals surface area contributed by atoms with E-state index in [4.69, 9.17) is 9.47 Å². The molecule has 0 bridgehead atoms. The van der Waals surface area contributed by atoms with Gasteiger partial charge in [-0.1, -0.05) is 17.7 Å². The lowest BCUT2D eigenvalue weighted by Crippen LogP contribution is -2.48. The van der Waals surface area contributed by atoms with Gasteiger partial charge in [0.2, 0.25) is 6.29 Å². The van der Waals surface area contributed by atoms with E-state index in [0.29, 0.717) is 5.75 Å². The Kier molecular flexibility index (Phi) is 5.15. The molecule has 5 N–H and O–H groups in total. The van der Waals surface area contributed by atoms with Crippen LogP contribution in [0.15, 0.2) is 24.3 Å². The molecule has 1 unspecified atom stereocenters. The van der Waals surface area contributed by atoms with E-state index < -0.39 is 43.4 Å². The summed E-state index contributed by atoms with van der Waals surface area (Å²) in [6.07, 6.45) is -8.93. The Hall–Kier alpha value is -1.22. The number of aryl methyl sites for hydroxylation is 1. The molecule has 0 amide bonds. The fourth-order valence-corrected chi connectivity index (χ4v) is 2.12. The van der Waals surface area contributed by atoms with Crippen molar-refractivity contribution >= 4 is 0 Å². The number of hydrogen-bond acceptors (Lipinski definition) is 7. The molecule has 0 saturated carbocycles. The number of aliphatic hydroxyl groups excluding tert-OH is 5. The van der Waals surface area contributed by atoms with E-state index >= 15 is 0 Å². The molecule has 1 aromatic rings. The van der Waals surface area contributed by atoms with Crippen molar-refractivity contribution in [3.8, 4) is 5.75 Å². The molecule has 7 nitrogen and oxygen atoms in total. The predicted octanol–water partition coefficient (Wildman–Crippen LogP) is -1.47. The number of ether oxygens (including phenoxy) is 2. The van der Waals surface area contributed by atoms with Gasteiger partial charge in [-0.05, 0) is 19.1 Å². The lowest BCUT2D eigenvalue weighted by molar-refractivity contribution is -0.195. The molecule has 21 heavy (non-hydrogen) atoms. The lowest BCUT2D eigenvalue weighted by Gasteiger charge is -2.26. The third-order valence-electron chi connectivity index (χ3n) is 3.47. The van der Waals surface area contributed by atoms with Gasteiger partial charge in [0.25, 0.3) is 0 Å². The Morgan fingerprint density at radius 1 is 0.952 bits per heavy atom. The average molecular weight is 300 g/mol. The summed E-state index contributed by atoms with van der Waals surface area (Å²) >= 11 is 0. The van der Waals surface area contributed by atoms with Crippen molar-refractivity contribution in [2.45, 2.75) is 43.7 Å². The molecule has 1 aromatic carbocycles. The zero-order valence-corrected chi connectivity index (χ0v) is 11.5. The highest BCUT2D eigenvalue weighted by Crippen LogP contribution is 2.24. The summed E-state index contributed by atoms with van der Waals surface area (Å²) < 4.78 is 10.7. The fraction of sp³-hybridized carbons (Fsp3) is 0.571. The van der Waals surface area contributed by atoms with Crippen molar-refractivity contribution in [3.05, 3.63) is 29.8 Å². The first-order valence-electron chi connectivity index (χ1n) is 6.66. The molecule has 1 aliphatic heterocycles. The van der Waals surface area contributed by atoms with E-state index in [2.05, 4.69) is 0 Å². The molecule has 2 rings (SSSR count). The quantitative estimate of drug-likeness (QED) is 0.462. The fourth-order valence-electron chi connectivity index (χ4n) is 2.12. The first-order valence-corrected chi connectivity index (χ1v) is 6.66. The van der Waals surface area contributed by atoms with E-state index in [0.717, 1.165) is 5.56 Å². The smallest absolute Gasteiger partial charge is 0.229 e. The molecule has 1 saturated heterocycles. The standard InChI is InChI=1S/C14H20O7/c1-7-2-4-8(5-3-7)20-14-13(19)12(18)11(17)10(16)9(6-15)21-14/h2-5,9-19H,6H2,1H3/t9-,10-,11+,12?,13+,14-/m1/s1. The largest absolute Gasteiger partial charge is 0.462 e. The maximum Gasteiger partial charge on any atom is 0.229 e. The monoisotopic (exact) mass is 300 g/mol. The molecule has 118 valence electrons. The summed E-state index contributed by atoms with van der Waals surface area (Å²) in [5, 5.41) is 48.4. The summed E-state index contributed by atoms with van der Waals surface area (Å²) in [5.41, 5.74) is 1.02. The Morgan fingerprint density at radius 3 is 2.10 bits per heavy atom. The highest BCUT2D eigenvalue weighted by atomic mass is 16.7. The van der Waals surface area contributed by atoms with Crippen LogP contribution in [0.2, 0.25) is 0 Å². The third kappa shape index (κ3) is 3.52. The Labute approximate surface area is 122 Å². The van der Waals surface area contributed by atoms with Gasteiger partial charge in [0.05, 0.1) is 6.61 Å². The molecule has 1 aliphatic rings. The van der Waals surface area contributed by atoms with E-state index in [1.807, 2.05) is 6.92 Å². The van der Waals surface area contributed by atoms with Gasteiger partial charge in [-0.3, -0.25) is 0 Å². The number of benzene rings is 1. The van der Waals surface area contributed by atoms with Crippen molar-refractivity contribution in [2.24, 2.45) is 0 Å². The Bertz CT molecular complexity index is 447. The summed E-state index contributed by atoms with van der Waals surface area (Å²) in [6.45, 7) is 1.31. The van der Waals surface area contributed by atoms with Crippen LogP contribution < -0.4 is 4.74 Å². The molecular weight excluding hydrogens is 280 g/mol. The minimum absolute atomic E-state index is 0.388. The summed E-state index contributed by atoms with van der Waals surface area (Å²) in [7, 11) is 0. The number of rotatable bonds is 3. The van der Waals surface area contributed by atoms with Gasteiger partial charge in [-0.25, -0.2) is 0 Å². The van der Waals surface area contributed by atoms with Crippen molar-refractivity contribution in [1.82, 2.24) is 0 Å². The molecule has 0 spiro atoms. The highest BCUT2D eigenvalue weighted by Gasteiger charge is 2.45. The molecule has 1 heterocycles. The zero-order chi connectivity index (χ0) is 15.6. The van der Waals surface area contributed by atoms with Gasteiger partial charge < -0.3 is 35.0 Å². The van der Waals surface area contributed by atoms with E-state index in [9.17, 15) is 25.5 Å². The van der Waals surface area contributed by atoms with Crippen LogP contribution in [0, 0.1) is 6.92 Å². The number of aliphatic hydroxyl groups is 5. The molecule has 0 aliphatic carbocycles. The predicted molar refractivity (Wildman–Crippen MR) is 71.6 cm³/mol. The molecule has 0 radical (unpaired) electrons. The van der Waals surface area contributed by atoms with Gasteiger partial charge in [-0.2, -0.15) is 0 Å². The second-order valence-electron chi connectivity index (χ2n) is 5.12. The second-order valence-corrected chi connectivity index (χ2v) is 5.12. The first kappa shape index (κ1) is 16.2. The van der Waals surface area contributed by atoms with Crippen molar-refractivity contribution in [1.29, 1.82) is 0 Å². The molecular formula is C14H20O7. The SMILES string of the molecule is Cc1ccc(O[C@@H]2O[C@H](CO)[C@@H](O)[C@H](O)C(O)[C@@H]2O)cc1. The van der Waals surface area contributed by atoms with Gasteiger partial charge >= 0.3 is 0 Å². The van der Waals surface area contributed by atoms with E-state index in [-0.39, 0.29) is 0 Å². The first-order chi connectivity index (χ1) is 9.93. The normalized spacial score (nSPS) is 37.0. The van der Waals surface area contributed by atoms with Crippen LogP contribution in [0.3, 0.4) is 0 Å². The van der Waals surface area contributed by atoms with Crippen LogP contribution in [-0.2, 0) is 4.74 Å².